The molecule has 0 rings (SSSR count). The first kappa shape index (κ1) is 16.1. The molecule has 0 aliphatic carbocycles. The maximum Gasteiger partial charge on any atom is 0.328 e. The van der Waals surface area contributed by atoms with Crippen LogP contribution in [-0.4, -0.2) is 53.3 Å². The molecule has 0 aliphatic rings. The van der Waals surface area contributed by atoms with E-state index in [0.717, 1.165) is 0 Å². The van der Waals surface area contributed by atoms with Gasteiger partial charge in [0, 0.05) is 6.54 Å². The highest BCUT2D eigenvalue weighted by Crippen LogP contribution is 1.96. The zero-order valence-electron chi connectivity index (χ0n) is 9.87. The van der Waals surface area contributed by atoms with E-state index >= 15 is 0 Å². The van der Waals surface area contributed by atoms with E-state index in [0.29, 0.717) is 19.4 Å². The molecule has 9 N–H and O–H groups in total. The van der Waals surface area contributed by atoms with Gasteiger partial charge in [-0.3, -0.25) is 9.79 Å². The normalized spacial score (nSPS) is 13.4. The van der Waals surface area contributed by atoms with E-state index < -0.39 is 30.6 Å². The number of hydrogen-bond acceptors (Lipinski definition) is 5. The average molecular weight is 261 g/mol. The number of hydrogen-bond donors (Lipinski definition) is 6. The number of nitrogens with one attached hydrogen (secondary N) is 1. The number of rotatable bonds is 8. The summed E-state index contributed by atoms with van der Waals surface area (Å²) in [5.74, 6) is -2.00. The Bertz CT molecular complexity index is 316. The van der Waals surface area contributed by atoms with Crippen molar-refractivity contribution in [3.63, 3.8) is 0 Å². The van der Waals surface area contributed by atoms with Gasteiger partial charge in [-0.05, 0) is 12.8 Å². The minimum absolute atomic E-state index is 0.0424. The Morgan fingerprint density at radius 1 is 1.33 bits per heavy atom. The molecule has 104 valence electrons. The smallest absolute Gasteiger partial charge is 0.328 e. The van der Waals surface area contributed by atoms with E-state index in [1.54, 1.807) is 0 Å². The number of nitrogens with zero attached hydrogens (tertiary/aromatic N) is 1. The van der Waals surface area contributed by atoms with Gasteiger partial charge in [0.15, 0.2) is 5.96 Å². The maximum atomic E-state index is 11.4. The van der Waals surface area contributed by atoms with Gasteiger partial charge in [0.25, 0.3) is 0 Å². The number of amides is 1. The summed E-state index contributed by atoms with van der Waals surface area (Å²) in [7, 11) is 0. The molecule has 0 aromatic carbocycles. The number of guanidine groups is 1. The third kappa shape index (κ3) is 6.66. The van der Waals surface area contributed by atoms with Crippen LogP contribution in [0.5, 0.6) is 0 Å². The molecule has 0 spiro atoms. The van der Waals surface area contributed by atoms with Crippen molar-refractivity contribution in [3.05, 3.63) is 0 Å². The summed E-state index contributed by atoms with van der Waals surface area (Å²) < 4.78 is 0. The largest absolute Gasteiger partial charge is 0.480 e. The fourth-order valence-corrected chi connectivity index (χ4v) is 1.11. The Morgan fingerprint density at radius 2 is 1.94 bits per heavy atom. The first-order chi connectivity index (χ1) is 8.38. The van der Waals surface area contributed by atoms with Crippen LogP contribution in [0, 0.1) is 0 Å². The molecule has 0 saturated carbocycles. The summed E-state index contributed by atoms with van der Waals surface area (Å²) >= 11 is 0. The number of nitrogens with two attached hydrogens (primary N) is 3. The van der Waals surface area contributed by atoms with Crippen molar-refractivity contribution in [1.29, 1.82) is 0 Å². The third-order valence-corrected chi connectivity index (χ3v) is 2.10. The molecule has 9 heteroatoms. The van der Waals surface area contributed by atoms with Gasteiger partial charge >= 0.3 is 5.97 Å². The van der Waals surface area contributed by atoms with Crippen molar-refractivity contribution in [2.24, 2.45) is 22.2 Å². The zero-order valence-corrected chi connectivity index (χ0v) is 9.87. The van der Waals surface area contributed by atoms with Gasteiger partial charge in [0.05, 0.1) is 12.6 Å². The highest BCUT2D eigenvalue weighted by Gasteiger charge is 2.21. The zero-order chi connectivity index (χ0) is 14.1. The average Bonchev–Trinajstić information content (AvgIpc) is 2.30. The van der Waals surface area contributed by atoms with Gasteiger partial charge in [0.2, 0.25) is 5.91 Å². The van der Waals surface area contributed by atoms with Gasteiger partial charge in [-0.2, -0.15) is 0 Å². The fraction of sp³-hybridized carbons (Fsp3) is 0.667. The fourth-order valence-electron chi connectivity index (χ4n) is 1.11. The van der Waals surface area contributed by atoms with Crippen LogP contribution < -0.4 is 22.5 Å². The van der Waals surface area contributed by atoms with Crippen LogP contribution in [0.2, 0.25) is 0 Å². The Kier molecular flexibility index (Phi) is 7.40. The second kappa shape index (κ2) is 8.25. The first-order valence-corrected chi connectivity index (χ1v) is 5.33. The van der Waals surface area contributed by atoms with Crippen LogP contribution in [0.4, 0.5) is 0 Å². The molecule has 2 atom stereocenters. The molecular weight excluding hydrogens is 242 g/mol. The number of carboxylic acid groups (broad SMARTS) is 1. The minimum Gasteiger partial charge on any atom is -0.480 e. The van der Waals surface area contributed by atoms with Gasteiger partial charge in [-0.1, -0.05) is 0 Å². The standard InChI is InChI=1S/C9H19N5O4/c10-5(2-1-3-13-9(11)12)7(16)14-6(4-15)8(17)18/h5-6,15H,1-4,10H2,(H,14,16)(H,17,18)(H4,11,12,13)/t5?,6-/m0/s1. The van der Waals surface area contributed by atoms with E-state index in [4.69, 9.17) is 27.4 Å². The van der Waals surface area contributed by atoms with Gasteiger partial charge in [-0.25, -0.2) is 4.79 Å². The van der Waals surface area contributed by atoms with E-state index in [9.17, 15) is 9.59 Å². The number of carbonyl (C=O) groups excluding carboxylic acids is 1. The molecule has 0 bridgehead atoms. The second-order valence-electron chi connectivity index (χ2n) is 3.64. The Morgan fingerprint density at radius 3 is 2.39 bits per heavy atom. The summed E-state index contributed by atoms with van der Waals surface area (Å²) in [4.78, 5) is 25.7. The van der Waals surface area contributed by atoms with Crippen molar-refractivity contribution >= 4 is 17.8 Å². The van der Waals surface area contributed by atoms with E-state index in [2.05, 4.69) is 10.3 Å². The van der Waals surface area contributed by atoms with Gasteiger partial charge < -0.3 is 32.7 Å². The molecular formula is C9H19N5O4. The number of carboxylic acids is 1. The molecule has 0 saturated heterocycles. The van der Waals surface area contributed by atoms with Crippen molar-refractivity contribution in [2.45, 2.75) is 24.9 Å². The molecule has 0 heterocycles. The molecule has 1 unspecified atom stereocenters. The van der Waals surface area contributed by atoms with E-state index in [1.807, 2.05) is 0 Å². The SMILES string of the molecule is NC(N)=NCCCC(N)C(=O)N[C@@H](CO)C(=O)O. The van der Waals surface area contributed by atoms with Crippen LogP contribution in [0.1, 0.15) is 12.8 Å². The molecule has 9 nitrogen and oxygen atoms in total. The summed E-state index contributed by atoms with van der Waals surface area (Å²) in [5.41, 5.74) is 15.8. The Labute approximate surface area is 104 Å². The highest BCUT2D eigenvalue weighted by atomic mass is 16.4. The summed E-state index contributed by atoms with van der Waals surface area (Å²) in [6, 6.07) is -2.21. The summed E-state index contributed by atoms with van der Waals surface area (Å²) in [6.07, 6.45) is 0.795. The number of aliphatic hydroxyl groups excluding tert-OH is 1. The topological polar surface area (TPSA) is 177 Å². The third-order valence-electron chi connectivity index (χ3n) is 2.10. The number of aliphatic imine (C=N–C) groups is 1. The predicted molar refractivity (Wildman–Crippen MR) is 64.5 cm³/mol. The lowest BCUT2D eigenvalue weighted by atomic mass is 10.1. The molecule has 0 aromatic heterocycles. The quantitative estimate of drug-likeness (QED) is 0.152. The minimum atomic E-state index is -1.35. The van der Waals surface area contributed by atoms with Gasteiger partial charge in [-0.15, -0.1) is 0 Å². The second-order valence-corrected chi connectivity index (χ2v) is 3.64. The number of carbonyl (C=O) groups is 2. The molecule has 1 amide bonds. The molecule has 0 aliphatic heterocycles. The predicted octanol–water partition coefficient (Wildman–Crippen LogP) is -3.07. The summed E-state index contributed by atoms with van der Waals surface area (Å²) in [5, 5.41) is 19.5. The molecule has 0 fully saturated rings. The molecule has 0 aromatic rings. The van der Waals surface area contributed by atoms with Crippen LogP contribution in [0.25, 0.3) is 0 Å². The van der Waals surface area contributed by atoms with Crippen LogP contribution in [0.3, 0.4) is 0 Å². The molecule has 0 radical (unpaired) electrons. The van der Waals surface area contributed by atoms with Crippen LogP contribution >= 0.6 is 0 Å². The van der Waals surface area contributed by atoms with Crippen molar-refractivity contribution in [3.8, 4) is 0 Å². The summed E-state index contributed by atoms with van der Waals surface area (Å²) in [6.45, 7) is -0.354. The van der Waals surface area contributed by atoms with Crippen molar-refractivity contribution in [1.82, 2.24) is 5.32 Å². The molecule has 18 heavy (non-hydrogen) atoms. The Balaban J connectivity index is 4.03. The van der Waals surface area contributed by atoms with E-state index in [1.165, 1.54) is 0 Å². The van der Waals surface area contributed by atoms with Crippen molar-refractivity contribution < 1.29 is 19.8 Å². The lowest BCUT2D eigenvalue weighted by Crippen LogP contribution is -2.50. The maximum absolute atomic E-state index is 11.4. The van der Waals surface area contributed by atoms with Crippen molar-refractivity contribution in [2.75, 3.05) is 13.2 Å². The van der Waals surface area contributed by atoms with Gasteiger partial charge in [0.1, 0.15) is 6.04 Å². The van der Waals surface area contributed by atoms with E-state index in [-0.39, 0.29) is 5.96 Å². The Hall–Kier alpha value is -1.87. The van der Waals surface area contributed by atoms with Crippen LogP contribution in [0.15, 0.2) is 4.99 Å². The first-order valence-electron chi connectivity index (χ1n) is 5.33. The number of aliphatic carboxylic acids is 1. The number of aliphatic hydroxyl groups is 1. The van der Waals surface area contributed by atoms with Crippen LogP contribution in [-0.2, 0) is 9.59 Å². The lowest BCUT2D eigenvalue weighted by molar-refractivity contribution is -0.143. The highest BCUT2D eigenvalue weighted by molar-refractivity contribution is 5.86. The lowest BCUT2D eigenvalue weighted by Gasteiger charge is -2.15. The monoisotopic (exact) mass is 261 g/mol.